The van der Waals surface area contributed by atoms with Gasteiger partial charge in [-0.1, -0.05) is 12.1 Å². The molecule has 1 aromatic carbocycles. The number of pyridine rings is 1. The topological polar surface area (TPSA) is 79.6 Å². The lowest BCUT2D eigenvalue weighted by Gasteiger charge is -2.11. The number of fused-ring (bicyclic) bond motifs is 1. The van der Waals surface area contributed by atoms with Gasteiger partial charge in [-0.05, 0) is 18.2 Å². The van der Waals surface area contributed by atoms with Gasteiger partial charge in [0.2, 0.25) is 0 Å². The highest BCUT2D eigenvalue weighted by Gasteiger charge is 2.31. The predicted octanol–water partition coefficient (Wildman–Crippen LogP) is 3.21. The maximum Gasteiger partial charge on any atom is 0.417 e. The third-order valence-corrected chi connectivity index (χ3v) is 3.36. The number of rotatable bonds is 4. The number of nitrogen functional groups attached to an aromatic ring is 1. The molecule has 0 amide bonds. The Bertz CT molecular complexity index is 792. The van der Waals surface area contributed by atoms with Crippen molar-refractivity contribution in [1.29, 1.82) is 0 Å². The first-order chi connectivity index (χ1) is 10.9. The van der Waals surface area contributed by atoms with E-state index in [1.54, 1.807) is 0 Å². The second-order valence-corrected chi connectivity index (χ2v) is 5.03. The van der Waals surface area contributed by atoms with E-state index in [1.807, 2.05) is 24.3 Å². The average Bonchev–Trinajstić information content (AvgIpc) is 2.90. The smallest absolute Gasteiger partial charge is 0.382 e. The number of imidazole rings is 1. The van der Waals surface area contributed by atoms with Gasteiger partial charge in [0.05, 0.1) is 22.3 Å². The summed E-state index contributed by atoms with van der Waals surface area (Å²) >= 11 is 0. The maximum atomic E-state index is 12.7. The molecule has 4 N–H and O–H groups in total. The van der Waals surface area contributed by atoms with E-state index in [0.717, 1.165) is 29.1 Å². The largest absolute Gasteiger partial charge is 0.417 e. The van der Waals surface area contributed by atoms with E-state index >= 15 is 0 Å². The number of hydrogen-bond donors (Lipinski definition) is 3. The Balaban J connectivity index is 1.68. The molecule has 2 heterocycles. The summed E-state index contributed by atoms with van der Waals surface area (Å²) in [6.45, 7) is 0.382. The van der Waals surface area contributed by atoms with Crippen LogP contribution < -0.4 is 11.1 Å². The standard InChI is InChI=1S/C15H14F3N5/c16-15(17,18)9-7-12(14(19)21-8-9)20-6-5-13-22-10-3-1-2-4-11(10)23-13/h1-4,7-8,20H,5-6H2,(H2,19,21)(H,22,23). The summed E-state index contributed by atoms with van der Waals surface area (Å²) in [5.41, 5.74) is 6.71. The number of benzene rings is 1. The third kappa shape index (κ3) is 3.36. The number of H-pyrrole nitrogens is 1. The van der Waals surface area contributed by atoms with Gasteiger partial charge in [0.25, 0.3) is 0 Å². The molecule has 8 heteroatoms. The lowest BCUT2D eigenvalue weighted by molar-refractivity contribution is -0.137. The molecule has 0 saturated carbocycles. The van der Waals surface area contributed by atoms with Crippen LogP contribution in [0.25, 0.3) is 11.0 Å². The summed E-state index contributed by atoms with van der Waals surface area (Å²) in [4.78, 5) is 11.1. The number of aromatic amines is 1. The molecule has 0 bridgehead atoms. The van der Waals surface area contributed by atoms with E-state index < -0.39 is 11.7 Å². The second-order valence-electron chi connectivity index (χ2n) is 5.03. The normalized spacial score (nSPS) is 11.8. The van der Waals surface area contributed by atoms with Crippen LogP contribution in [0.5, 0.6) is 0 Å². The fourth-order valence-corrected chi connectivity index (χ4v) is 2.21. The summed E-state index contributed by atoms with van der Waals surface area (Å²) in [6.07, 6.45) is -3.21. The minimum atomic E-state index is -4.45. The summed E-state index contributed by atoms with van der Waals surface area (Å²) in [7, 11) is 0. The number of alkyl halides is 3. The van der Waals surface area contributed by atoms with E-state index in [1.165, 1.54) is 0 Å². The zero-order valence-corrected chi connectivity index (χ0v) is 12.0. The first-order valence-electron chi connectivity index (χ1n) is 6.94. The molecular weight excluding hydrogens is 307 g/mol. The maximum absolute atomic E-state index is 12.7. The van der Waals surface area contributed by atoms with E-state index in [2.05, 4.69) is 20.3 Å². The lowest BCUT2D eigenvalue weighted by Crippen LogP contribution is -2.12. The van der Waals surface area contributed by atoms with Gasteiger partial charge in [0.15, 0.2) is 0 Å². The average molecular weight is 321 g/mol. The first-order valence-corrected chi connectivity index (χ1v) is 6.94. The molecule has 0 aliphatic heterocycles. The van der Waals surface area contributed by atoms with Crippen LogP contribution in [0.1, 0.15) is 11.4 Å². The number of halogens is 3. The van der Waals surface area contributed by atoms with E-state index in [-0.39, 0.29) is 11.5 Å². The van der Waals surface area contributed by atoms with Gasteiger partial charge >= 0.3 is 6.18 Å². The Morgan fingerprint density at radius 3 is 2.74 bits per heavy atom. The van der Waals surface area contributed by atoms with Crippen molar-refractivity contribution in [2.75, 3.05) is 17.6 Å². The van der Waals surface area contributed by atoms with Crippen LogP contribution in [-0.2, 0) is 12.6 Å². The number of hydrogen-bond acceptors (Lipinski definition) is 4. The minimum Gasteiger partial charge on any atom is -0.382 e. The Labute approximate surface area is 129 Å². The van der Waals surface area contributed by atoms with E-state index in [4.69, 9.17) is 5.73 Å². The molecule has 2 aromatic heterocycles. The number of para-hydroxylation sites is 2. The van der Waals surface area contributed by atoms with E-state index in [0.29, 0.717) is 13.0 Å². The molecule has 5 nitrogen and oxygen atoms in total. The lowest BCUT2D eigenvalue weighted by atomic mass is 10.2. The molecule has 0 saturated heterocycles. The second kappa shape index (κ2) is 5.79. The predicted molar refractivity (Wildman–Crippen MR) is 81.9 cm³/mol. The molecule has 0 spiro atoms. The van der Waals surface area contributed by atoms with Crippen molar-refractivity contribution >= 4 is 22.5 Å². The first kappa shape index (κ1) is 15.1. The van der Waals surface area contributed by atoms with Crippen molar-refractivity contribution in [2.45, 2.75) is 12.6 Å². The summed E-state index contributed by atoms with van der Waals surface area (Å²) in [5, 5.41) is 2.87. The van der Waals surface area contributed by atoms with Crippen LogP contribution >= 0.6 is 0 Å². The van der Waals surface area contributed by atoms with Crippen LogP contribution in [0.4, 0.5) is 24.7 Å². The quantitative estimate of drug-likeness (QED) is 0.689. The molecular formula is C15H14F3N5. The Morgan fingerprint density at radius 2 is 2.00 bits per heavy atom. The number of aromatic nitrogens is 3. The van der Waals surface area contributed by atoms with Gasteiger partial charge < -0.3 is 16.0 Å². The van der Waals surface area contributed by atoms with Crippen molar-refractivity contribution in [3.8, 4) is 0 Å². The zero-order valence-electron chi connectivity index (χ0n) is 12.0. The molecule has 0 radical (unpaired) electrons. The molecule has 23 heavy (non-hydrogen) atoms. The fraction of sp³-hybridized carbons (Fsp3) is 0.200. The zero-order chi connectivity index (χ0) is 16.4. The van der Waals surface area contributed by atoms with Gasteiger partial charge in [-0.2, -0.15) is 13.2 Å². The van der Waals surface area contributed by atoms with Crippen molar-refractivity contribution in [1.82, 2.24) is 15.0 Å². The van der Waals surface area contributed by atoms with Gasteiger partial charge in [-0.25, -0.2) is 9.97 Å². The summed E-state index contributed by atoms with van der Waals surface area (Å²) < 4.78 is 38.0. The van der Waals surface area contributed by atoms with Crippen molar-refractivity contribution in [2.24, 2.45) is 0 Å². The molecule has 3 aromatic rings. The van der Waals surface area contributed by atoms with Crippen LogP contribution in [-0.4, -0.2) is 21.5 Å². The number of nitrogens with zero attached hydrogens (tertiary/aromatic N) is 2. The monoisotopic (exact) mass is 321 g/mol. The molecule has 0 aliphatic rings. The SMILES string of the molecule is Nc1ncc(C(F)(F)F)cc1NCCc1nc2ccccc2[nH]1. The molecule has 0 aliphatic carbocycles. The highest BCUT2D eigenvalue weighted by atomic mass is 19.4. The summed E-state index contributed by atoms with van der Waals surface area (Å²) in [5.74, 6) is 0.778. The van der Waals surface area contributed by atoms with Gasteiger partial charge in [-0.3, -0.25) is 0 Å². The fourth-order valence-electron chi connectivity index (χ4n) is 2.21. The molecule has 0 atom stereocenters. The highest BCUT2D eigenvalue weighted by molar-refractivity contribution is 5.74. The van der Waals surface area contributed by atoms with Gasteiger partial charge in [0, 0.05) is 19.2 Å². The molecule has 120 valence electrons. The highest BCUT2D eigenvalue weighted by Crippen LogP contribution is 2.31. The van der Waals surface area contributed by atoms with Crippen molar-refractivity contribution in [3.05, 3.63) is 47.9 Å². The third-order valence-electron chi connectivity index (χ3n) is 3.36. The number of nitrogens with one attached hydrogen (secondary N) is 2. The Kier molecular flexibility index (Phi) is 3.81. The van der Waals surface area contributed by atoms with Crippen LogP contribution in [0, 0.1) is 0 Å². The molecule has 0 unspecified atom stereocenters. The van der Waals surface area contributed by atoms with Crippen LogP contribution in [0.2, 0.25) is 0 Å². The molecule has 3 rings (SSSR count). The Hall–Kier alpha value is -2.77. The van der Waals surface area contributed by atoms with Gasteiger partial charge in [0.1, 0.15) is 11.6 Å². The van der Waals surface area contributed by atoms with Crippen LogP contribution in [0.15, 0.2) is 36.5 Å². The summed E-state index contributed by atoms with van der Waals surface area (Å²) in [6, 6.07) is 8.55. The number of nitrogens with two attached hydrogens (primary N) is 1. The Morgan fingerprint density at radius 1 is 1.22 bits per heavy atom. The van der Waals surface area contributed by atoms with Gasteiger partial charge in [-0.15, -0.1) is 0 Å². The minimum absolute atomic E-state index is 0.0302. The molecule has 0 fully saturated rings. The van der Waals surface area contributed by atoms with Crippen LogP contribution in [0.3, 0.4) is 0 Å². The van der Waals surface area contributed by atoms with Crippen molar-refractivity contribution in [3.63, 3.8) is 0 Å². The number of anilines is 2. The van der Waals surface area contributed by atoms with E-state index in [9.17, 15) is 13.2 Å². The van der Waals surface area contributed by atoms with Crippen molar-refractivity contribution < 1.29 is 13.2 Å².